The molecule has 0 fully saturated rings. The first kappa shape index (κ1) is 18.7. The lowest BCUT2D eigenvalue weighted by atomic mass is 10.1. The minimum absolute atomic E-state index is 0.130. The SMILES string of the molecule is O=C(/C=C/c1ccc(Cl)c(C(F)(F)F)c1)Nn1cnc2ccccc2c1=O. The number of para-hydroxylation sites is 1. The smallest absolute Gasteiger partial charge is 0.268 e. The van der Waals surface area contributed by atoms with E-state index in [-0.39, 0.29) is 5.56 Å². The fourth-order valence-corrected chi connectivity index (χ4v) is 2.57. The number of hydrogen-bond acceptors (Lipinski definition) is 3. The van der Waals surface area contributed by atoms with Crippen LogP contribution in [0.2, 0.25) is 5.02 Å². The number of aromatic nitrogens is 2. The average molecular weight is 394 g/mol. The van der Waals surface area contributed by atoms with Gasteiger partial charge in [-0.1, -0.05) is 29.8 Å². The molecule has 0 unspecified atom stereocenters. The highest BCUT2D eigenvalue weighted by Gasteiger charge is 2.33. The number of carbonyl (C=O) groups excluding carboxylic acids is 1. The molecule has 0 saturated heterocycles. The van der Waals surface area contributed by atoms with Crippen molar-refractivity contribution in [1.29, 1.82) is 0 Å². The van der Waals surface area contributed by atoms with Gasteiger partial charge in [0.1, 0.15) is 6.33 Å². The van der Waals surface area contributed by atoms with Crippen LogP contribution in [0.4, 0.5) is 13.2 Å². The van der Waals surface area contributed by atoms with Gasteiger partial charge in [-0.25, -0.2) is 9.66 Å². The Balaban J connectivity index is 1.81. The third-order valence-electron chi connectivity index (χ3n) is 3.62. The highest BCUT2D eigenvalue weighted by Crippen LogP contribution is 2.35. The van der Waals surface area contributed by atoms with Crippen LogP contribution in [0.5, 0.6) is 0 Å². The zero-order valence-corrected chi connectivity index (χ0v) is 14.3. The van der Waals surface area contributed by atoms with Gasteiger partial charge in [-0.3, -0.25) is 15.0 Å². The predicted molar refractivity (Wildman–Crippen MR) is 95.9 cm³/mol. The van der Waals surface area contributed by atoms with Gasteiger partial charge in [-0.05, 0) is 35.9 Å². The van der Waals surface area contributed by atoms with Crippen LogP contribution in [0.3, 0.4) is 0 Å². The Bertz CT molecular complexity index is 1110. The van der Waals surface area contributed by atoms with E-state index >= 15 is 0 Å². The van der Waals surface area contributed by atoms with Crippen LogP contribution in [0.1, 0.15) is 11.1 Å². The second-order valence-electron chi connectivity index (χ2n) is 5.48. The lowest BCUT2D eigenvalue weighted by Crippen LogP contribution is -2.32. The molecule has 2 aromatic carbocycles. The number of rotatable bonds is 3. The fourth-order valence-electron chi connectivity index (χ4n) is 2.34. The van der Waals surface area contributed by atoms with Crippen molar-refractivity contribution >= 4 is 34.5 Å². The maximum atomic E-state index is 12.9. The molecule has 27 heavy (non-hydrogen) atoms. The maximum Gasteiger partial charge on any atom is 0.417 e. The summed E-state index contributed by atoms with van der Waals surface area (Å²) in [5, 5.41) is -0.116. The molecule has 3 aromatic rings. The number of benzene rings is 2. The summed E-state index contributed by atoms with van der Waals surface area (Å²) >= 11 is 5.55. The van der Waals surface area contributed by atoms with Crippen LogP contribution < -0.4 is 11.0 Å². The molecule has 138 valence electrons. The van der Waals surface area contributed by atoms with Crippen molar-refractivity contribution in [3.8, 4) is 0 Å². The van der Waals surface area contributed by atoms with Crippen molar-refractivity contribution in [2.75, 3.05) is 5.43 Å². The maximum absolute atomic E-state index is 12.9. The molecule has 0 aliphatic rings. The van der Waals surface area contributed by atoms with Crippen LogP contribution in [0.15, 0.2) is 59.7 Å². The van der Waals surface area contributed by atoms with E-state index < -0.39 is 28.2 Å². The van der Waals surface area contributed by atoms with Gasteiger partial charge >= 0.3 is 6.18 Å². The van der Waals surface area contributed by atoms with Crippen LogP contribution in [-0.2, 0) is 11.0 Å². The Morgan fingerprint density at radius 3 is 2.67 bits per heavy atom. The third kappa shape index (κ3) is 4.17. The minimum Gasteiger partial charge on any atom is -0.268 e. The van der Waals surface area contributed by atoms with E-state index in [1.54, 1.807) is 24.3 Å². The largest absolute Gasteiger partial charge is 0.417 e. The topological polar surface area (TPSA) is 64.0 Å². The molecule has 9 heteroatoms. The highest BCUT2D eigenvalue weighted by atomic mass is 35.5. The van der Waals surface area contributed by atoms with E-state index in [0.29, 0.717) is 10.9 Å². The van der Waals surface area contributed by atoms with E-state index in [0.717, 1.165) is 29.2 Å². The molecule has 0 saturated carbocycles. The van der Waals surface area contributed by atoms with E-state index in [4.69, 9.17) is 11.6 Å². The van der Waals surface area contributed by atoms with Gasteiger partial charge in [0.2, 0.25) is 0 Å². The van der Waals surface area contributed by atoms with Crippen LogP contribution in [0.25, 0.3) is 17.0 Å². The standard InChI is InChI=1S/C18H11ClF3N3O2/c19-14-7-5-11(9-13(14)18(20,21)22)6-8-16(26)24-25-10-23-15-4-2-1-3-12(15)17(25)27/h1-10H,(H,24,26)/b8-6+. The fraction of sp³-hybridized carbons (Fsp3) is 0.0556. The van der Waals surface area contributed by atoms with Crippen LogP contribution in [-0.4, -0.2) is 15.6 Å². The van der Waals surface area contributed by atoms with Crippen molar-refractivity contribution in [1.82, 2.24) is 9.66 Å². The molecule has 1 amide bonds. The average Bonchev–Trinajstić information content (AvgIpc) is 2.62. The van der Waals surface area contributed by atoms with Crippen molar-refractivity contribution in [2.24, 2.45) is 0 Å². The monoisotopic (exact) mass is 393 g/mol. The van der Waals surface area contributed by atoms with E-state index in [9.17, 15) is 22.8 Å². The molecule has 1 N–H and O–H groups in total. The first-order valence-electron chi connectivity index (χ1n) is 7.58. The molecular weight excluding hydrogens is 383 g/mol. The molecule has 0 bridgehead atoms. The van der Waals surface area contributed by atoms with Crippen molar-refractivity contribution in [3.05, 3.63) is 81.4 Å². The molecule has 1 aromatic heterocycles. The number of fused-ring (bicyclic) bond motifs is 1. The second-order valence-corrected chi connectivity index (χ2v) is 5.89. The number of nitrogens with one attached hydrogen (secondary N) is 1. The first-order chi connectivity index (χ1) is 12.8. The van der Waals surface area contributed by atoms with E-state index in [2.05, 4.69) is 10.4 Å². The molecule has 0 aliphatic carbocycles. The number of nitrogens with zero attached hydrogens (tertiary/aromatic N) is 2. The van der Waals surface area contributed by atoms with Crippen molar-refractivity contribution < 1.29 is 18.0 Å². The van der Waals surface area contributed by atoms with E-state index in [1.165, 1.54) is 12.1 Å². The normalized spacial score (nSPS) is 11.9. The van der Waals surface area contributed by atoms with Crippen LogP contribution >= 0.6 is 11.6 Å². The summed E-state index contributed by atoms with van der Waals surface area (Å²) in [6.07, 6.45) is -1.26. The highest BCUT2D eigenvalue weighted by molar-refractivity contribution is 6.31. The van der Waals surface area contributed by atoms with Crippen molar-refractivity contribution in [2.45, 2.75) is 6.18 Å². The van der Waals surface area contributed by atoms with Gasteiger partial charge in [-0.15, -0.1) is 0 Å². The lowest BCUT2D eigenvalue weighted by Gasteiger charge is -2.09. The Morgan fingerprint density at radius 2 is 1.93 bits per heavy atom. The predicted octanol–water partition coefficient (Wildman–Crippen LogP) is 3.85. The minimum atomic E-state index is -4.60. The van der Waals surface area contributed by atoms with Crippen molar-refractivity contribution in [3.63, 3.8) is 0 Å². The van der Waals surface area contributed by atoms with Gasteiger partial charge in [0.25, 0.3) is 11.5 Å². The third-order valence-corrected chi connectivity index (χ3v) is 3.95. The summed E-state index contributed by atoms with van der Waals surface area (Å²) in [5.74, 6) is -0.710. The summed E-state index contributed by atoms with van der Waals surface area (Å²) in [6.45, 7) is 0. The molecule has 0 radical (unpaired) electrons. The zero-order valence-electron chi connectivity index (χ0n) is 13.5. The summed E-state index contributed by atoms with van der Waals surface area (Å²) in [6, 6.07) is 9.87. The summed E-state index contributed by atoms with van der Waals surface area (Å²) in [7, 11) is 0. The molecule has 3 rings (SSSR count). The van der Waals surface area contributed by atoms with Gasteiger partial charge in [-0.2, -0.15) is 13.2 Å². The second kappa shape index (κ2) is 7.24. The van der Waals surface area contributed by atoms with E-state index in [1.807, 2.05) is 0 Å². The molecule has 1 heterocycles. The quantitative estimate of drug-likeness (QED) is 0.687. The molecule has 0 atom stereocenters. The Hall–Kier alpha value is -3.13. The number of halogens is 4. The number of alkyl halides is 3. The summed E-state index contributed by atoms with van der Waals surface area (Å²) in [5.41, 5.74) is 1.43. The molecule has 5 nitrogen and oxygen atoms in total. The number of hydrogen-bond donors (Lipinski definition) is 1. The Kier molecular flexibility index (Phi) is 5.00. The zero-order chi connectivity index (χ0) is 19.6. The van der Waals surface area contributed by atoms with Gasteiger partial charge < -0.3 is 0 Å². The number of carbonyl (C=O) groups is 1. The summed E-state index contributed by atoms with van der Waals surface area (Å²) in [4.78, 5) is 28.3. The Labute approximate surface area is 155 Å². The Morgan fingerprint density at radius 1 is 1.19 bits per heavy atom. The van der Waals surface area contributed by atoms with Gasteiger partial charge in [0, 0.05) is 6.08 Å². The van der Waals surface area contributed by atoms with Crippen LogP contribution in [0, 0.1) is 0 Å². The van der Waals surface area contributed by atoms with Gasteiger partial charge in [0.15, 0.2) is 0 Å². The molecule has 0 spiro atoms. The lowest BCUT2D eigenvalue weighted by molar-refractivity contribution is -0.137. The molecular formula is C18H11ClF3N3O2. The first-order valence-corrected chi connectivity index (χ1v) is 7.96. The summed E-state index contributed by atoms with van der Waals surface area (Å²) < 4.78 is 39.5. The molecule has 0 aliphatic heterocycles. The van der Waals surface area contributed by atoms with Gasteiger partial charge in [0.05, 0.1) is 21.5 Å². The number of amides is 1.